The molecule has 0 saturated carbocycles. The second kappa shape index (κ2) is 8.03. The molecule has 1 aromatic carbocycles. The molecule has 0 aliphatic carbocycles. The molecule has 0 bridgehead atoms. The lowest BCUT2D eigenvalue weighted by Crippen LogP contribution is -3.14. The van der Waals surface area contributed by atoms with Gasteiger partial charge in [0.05, 0.1) is 19.7 Å². The number of piperidine rings is 1. The molecule has 2 rings (SSSR count). The van der Waals surface area contributed by atoms with Gasteiger partial charge in [0, 0.05) is 11.5 Å². The smallest absolute Gasteiger partial charge is 0.161 e. The summed E-state index contributed by atoms with van der Waals surface area (Å²) in [6.45, 7) is 9.01. The number of carbonyl (C=O) groups excluding carboxylic acids is 1. The average molecular weight is 292 g/mol. The van der Waals surface area contributed by atoms with Crippen LogP contribution in [-0.4, -0.2) is 39.1 Å². The molecular weight excluding hydrogens is 266 g/mol. The minimum absolute atomic E-state index is 0.563. The lowest BCUT2D eigenvalue weighted by atomic mass is 10.0. The van der Waals surface area contributed by atoms with E-state index in [1.54, 1.807) is 17.0 Å². The van der Waals surface area contributed by atoms with E-state index < -0.39 is 0 Å². The van der Waals surface area contributed by atoms with Gasteiger partial charge in [-0.1, -0.05) is 6.92 Å². The van der Waals surface area contributed by atoms with E-state index in [2.05, 4.69) is 6.92 Å². The van der Waals surface area contributed by atoms with Crippen LogP contribution in [0.1, 0.15) is 37.0 Å². The van der Waals surface area contributed by atoms with Gasteiger partial charge in [-0.2, -0.15) is 0 Å². The first kappa shape index (κ1) is 15.8. The first-order chi connectivity index (χ1) is 10.2. The maximum Gasteiger partial charge on any atom is 0.161 e. The van der Waals surface area contributed by atoms with Crippen LogP contribution in [0.3, 0.4) is 0 Å². The van der Waals surface area contributed by atoms with Crippen molar-refractivity contribution in [2.24, 2.45) is 5.92 Å². The fraction of sp³-hybridized carbons (Fsp3) is 0.588. The van der Waals surface area contributed by atoms with Crippen LogP contribution in [0.2, 0.25) is 0 Å². The summed E-state index contributed by atoms with van der Waals surface area (Å²) in [5, 5.41) is 0. The van der Waals surface area contributed by atoms with Crippen LogP contribution in [0.5, 0.6) is 11.5 Å². The maximum absolute atomic E-state index is 10.8. The Hall–Kier alpha value is -1.55. The Balaban J connectivity index is 1.88. The van der Waals surface area contributed by atoms with Crippen molar-refractivity contribution in [1.82, 2.24) is 0 Å². The lowest BCUT2D eigenvalue weighted by Gasteiger charge is -2.27. The van der Waals surface area contributed by atoms with E-state index in [1.807, 2.05) is 13.0 Å². The van der Waals surface area contributed by atoms with E-state index in [9.17, 15) is 4.79 Å². The highest BCUT2D eigenvalue weighted by Crippen LogP contribution is 2.27. The van der Waals surface area contributed by atoms with Crippen LogP contribution >= 0.6 is 0 Å². The number of nitrogens with one attached hydrogen (secondary N) is 1. The minimum atomic E-state index is 0.563. The third-order valence-electron chi connectivity index (χ3n) is 3.98. The monoisotopic (exact) mass is 292 g/mol. The van der Waals surface area contributed by atoms with Gasteiger partial charge in [-0.05, 0) is 38.0 Å². The Morgan fingerprint density at radius 1 is 1.33 bits per heavy atom. The Kier molecular flexibility index (Phi) is 6.05. The van der Waals surface area contributed by atoms with Gasteiger partial charge in [-0.15, -0.1) is 0 Å². The molecule has 116 valence electrons. The topological polar surface area (TPSA) is 40.0 Å². The second-order valence-electron chi connectivity index (χ2n) is 5.81. The van der Waals surface area contributed by atoms with Gasteiger partial charge in [0.15, 0.2) is 11.5 Å². The minimum Gasteiger partial charge on any atom is -0.490 e. The summed E-state index contributed by atoms with van der Waals surface area (Å²) in [6, 6.07) is 5.32. The molecule has 1 fully saturated rings. The number of aldehydes is 1. The first-order valence-corrected chi connectivity index (χ1v) is 7.91. The molecule has 1 heterocycles. The lowest BCUT2D eigenvalue weighted by molar-refractivity contribution is -0.908. The normalized spacial score (nSPS) is 21.8. The second-order valence-corrected chi connectivity index (χ2v) is 5.81. The van der Waals surface area contributed by atoms with E-state index in [0.29, 0.717) is 24.5 Å². The van der Waals surface area contributed by atoms with Crippen molar-refractivity contribution in [2.45, 2.75) is 26.7 Å². The summed E-state index contributed by atoms with van der Waals surface area (Å²) in [5.74, 6) is 2.20. The zero-order valence-corrected chi connectivity index (χ0v) is 13.1. The Labute approximate surface area is 127 Å². The van der Waals surface area contributed by atoms with Gasteiger partial charge in [0.1, 0.15) is 19.4 Å². The number of carbonyl (C=O) groups is 1. The molecule has 1 aliphatic rings. The van der Waals surface area contributed by atoms with Gasteiger partial charge in [-0.25, -0.2) is 0 Å². The number of benzene rings is 1. The highest BCUT2D eigenvalue weighted by molar-refractivity contribution is 5.76. The highest BCUT2D eigenvalue weighted by Gasteiger charge is 2.19. The summed E-state index contributed by atoms with van der Waals surface area (Å²) >= 11 is 0. The highest BCUT2D eigenvalue weighted by atomic mass is 16.5. The predicted molar refractivity (Wildman–Crippen MR) is 82.5 cm³/mol. The Morgan fingerprint density at radius 3 is 2.90 bits per heavy atom. The summed E-state index contributed by atoms with van der Waals surface area (Å²) in [4.78, 5) is 12.4. The van der Waals surface area contributed by atoms with Gasteiger partial charge in [0.2, 0.25) is 0 Å². The van der Waals surface area contributed by atoms with E-state index in [-0.39, 0.29) is 0 Å². The summed E-state index contributed by atoms with van der Waals surface area (Å²) < 4.78 is 11.4. The number of quaternary nitrogens is 1. The quantitative estimate of drug-likeness (QED) is 0.776. The van der Waals surface area contributed by atoms with Crippen LogP contribution in [0.25, 0.3) is 0 Å². The molecule has 1 aromatic rings. The first-order valence-electron chi connectivity index (χ1n) is 7.91. The van der Waals surface area contributed by atoms with Gasteiger partial charge in [-0.3, -0.25) is 4.79 Å². The van der Waals surface area contributed by atoms with Crippen molar-refractivity contribution >= 4 is 6.29 Å². The zero-order valence-electron chi connectivity index (χ0n) is 13.1. The molecule has 1 unspecified atom stereocenters. The summed E-state index contributed by atoms with van der Waals surface area (Å²) in [7, 11) is 0. The molecule has 1 aliphatic heterocycles. The van der Waals surface area contributed by atoms with Crippen molar-refractivity contribution in [1.29, 1.82) is 0 Å². The van der Waals surface area contributed by atoms with E-state index in [0.717, 1.165) is 24.5 Å². The SMILES string of the molecule is CCOc1cc(C=O)ccc1OCC[NH+]1CCC[C@@H](C)C1. The molecule has 0 spiro atoms. The Bertz CT molecular complexity index is 461. The van der Waals surface area contributed by atoms with Crippen LogP contribution in [0.15, 0.2) is 18.2 Å². The largest absolute Gasteiger partial charge is 0.490 e. The molecule has 1 saturated heterocycles. The number of rotatable bonds is 7. The standard InChI is InChI=1S/C17H25NO3/c1-3-20-17-11-15(13-19)6-7-16(17)21-10-9-18-8-4-5-14(2)12-18/h6-7,11,13-14H,3-5,8-10,12H2,1-2H3/p+1/t14-/m1/s1. The van der Waals surface area contributed by atoms with Gasteiger partial charge >= 0.3 is 0 Å². The van der Waals surface area contributed by atoms with E-state index in [1.165, 1.54) is 25.9 Å². The van der Waals surface area contributed by atoms with Crippen molar-refractivity contribution in [3.05, 3.63) is 23.8 Å². The van der Waals surface area contributed by atoms with Crippen molar-refractivity contribution in [3.63, 3.8) is 0 Å². The average Bonchev–Trinajstić information content (AvgIpc) is 2.49. The van der Waals surface area contributed by atoms with Crippen LogP contribution < -0.4 is 14.4 Å². The zero-order chi connectivity index (χ0) is 15.1. The molecule has 2 atom stereocenters. The molecule has 0 amide bonds. The van der Waals surface area contributed by atoms with Crippen molar-refractivity contribution in [3.8, 4) is 11.5 Å². The predicted octanol–water partition coefficient (Wildman–Crippen LogP) is 1.59. The Morgan fingerprint density at radius 2 is 2.19 bits per heavy atom. The fourth-order valence-corrected chi connectivity index (χ4v) is 2.92. The van der Waals surface area contributed by atoms with Crippen LogP contribution in [0, 0.1) is 5.92 Å². The molecule has 1 N–H and O–H groups in total. The molecule has 4 heteroatoms. The third-order valence-corrected chi connectivity index (χ3v) is 3.98. The molecule has 21 heavy (non-hydrogen) atoms. The summed E-state index contributed by atoms with van der Waals surface area (Å²) in [6.07, 6.45) is 3.49. The van der Waals surface area contributed by atoms with E-state index in [4.69, 9.17) is 9.47 Å². The molecule has 0 aromatic heterocycles. The number of hydrogen-bond acceptors (Lipinski definition) is 3. The number of hydrogen-bond donors (Lipinski definition) is 1. The maximum atomic E-state index is 10.8. The molecular formula is C17H26NO3+. The van der Waals surface area contributed by atoms with E-state index >= 15 is 0 Å². The fourth-order valence-electron chi connectivity index (χ4n) is 2.92. The molecule has 0 radical (unpaired) electrons. The van der Waals surface area contributed by atoms with Gasteiger partial charge in [0.25, 0.3) is 0 Å². The molecule has 4 nitrogen and oxygen atoms in total. The van der Waals surface area contributed by atoms with Crippen molar-refractivity contribution < 1.29 is 19.2 Å². The third kappa shape index (κ3) is 4.74. The van der Waals surface area contributed by atoms with Crippen LogP contribution in [0.4, 0.5) is 0 Å². The summed E-state index contributed by atoms with van der Waals surface area (Å²) in [5.41, 5.74) is 0.612. The van der Waals surface area contributed by atoms with Crippen molar-refractivity contribution in [2.75, 3.05) is 32.8 Å². The number of ether oxygens (including phenoxy) is 2. The van der Waals surface area contributed by atoms with Crippen LogP contribution in [-0.2, 0) is 0 Å². The van der Waals surface area contributed by atoms with Gasteiger partial charge < -0.3 is 14.4 Å². The number of likely N-dealkylation sites (tertiary alicyclic amines) is 1.